The molecule has 0 unspecified atom stereocenters. The molecule has 0 spiro atoms. The summed E-state index contributed by atoms with van der Waals surface area (Å²) >= 11 is 6.81. The van der Waals surface area contributed by atoms with Crippen LogP contribution < -0.4 is 75.2 Å². The molecule has 0 saturated heterocycles. The van der Waals surface area contributed by atoms with Gasteiger partial charge in [0.2, 0.25) is 0 Å². The van der Waals surface area contributed by atoms with Gasteiger partial charge in [0.25, 0.3) is 0 Å². The zero-order valence-corrected chi connectivity index (χ0v) is 38.6. The Hall–Kier alpha value is -3.49. The van der Waals surface area contributed by atoms with Gasteiger partial charge in [-0.2, -0.15) is 0 Å². The number of halogens is 2. The minimum atomic E-state index is -1.34. The summed E-state index contributed by atoms with van der Waals surface area (Å²) in [5.41, 5.74) is 9.80. The summed E-state index contributed by atoms with van der Waals surface area (Å²) in [6.07, 6.45) is 0. The Morgan fingerprint density at radius 3 is 0.946 bits per heavy atom. The summed E-state index contributed by atoms with van der Waals surface area (Å²) in [7, 11) is -1.34. The molecule has 0 aliphatic rings. The average molecular weight is 892 g/mol. The van der Waals surface area contributed by atoms with E-state index >= 15 is 0 Å². The molecule has 56 heavy (non-hydrogen) atoms. The van der Waals surface area contributed by atoms with Gasteiger partial charge >= 0.3 is 66.2 Å². The molecule has 12 heteroatoms. The second-order valence-corrected chi connectivity index (χ2v) is 12.9. The standard InChI is InChI=1S/C24H19N.C12H9Br2N.C6H7BO2.CHO3.CH3.2Na/c1-3-7-19(8-4-1)21-11-15-23(16-12-21)25-24-17-13-22(14-18-24)20-9-5-2-6-10-20;13-9-1-5-11(6-2-9)15-12-7-3-10(14)4-8-12;8-7(9)6-4-2-1-3-5-6;2-1-4-3;;;/h1-18,25H;1-8,15H;1-5,8-9H;3H;1H3;;/q;;;2*-1;2*+1. The Kier molecular flexibility index (Phi) is 26.0. The molecule has 5 N–H and O–H groups in total. The number of carbonyl (C=O) groups excluding carboxylic acids is 1. The van der Waals surface area contributed by atoms with E-state index in [2.05, 4.69) is 144 Å². The fraction of sp³-hybridized carbons (Fsp3) is 0. The maximum atomic E-state index is 8.58. The van der Waals surface area contributed by atoms with Gasteiger partial charge in [-0.05, 0) is 107 Å². The van der Waals surface area contributed by atoms with E-state index < -0.39 is 7.12 Å². The van der Waals surface area contributed by atoms with E-state index in [0.29, 0.717) is 5.46 Å². The molecule has 7 aromatic carbocycles. The SMILES string of the molecule is Brc1ccc(Nc2ccc(Br)cc2)cc1.O=[C-]OO.OB(O)c1ccccc1.[CH3-].[Na+].[Na+].c1ccc(-c2ccc(Nc3ccc(-c4ccccc4)cc3)cc2)cc1. The average Bonchev–Trinajstić information content (AvgIpc) is 3.22. The number of nitrogens with one attached hydrogen (secondary N) is 2. The van der Waals surface area contributed by atoms with Crippen molar-refractivity contribution in [1.29, 1.82) is 0 Å². The molecule has 274 valence electrons. The molecular weight excluding hydrogens is 853 g/mol. The summed E-state index contributed by atoms with van der Waals surface area (Å²) in [6, 6.07) is 62.8. The van der Waals surface area contributed by atoms with Crippen LogP contribution in [0.2, 0.25) is 0 Å². The molecule has 0 saturated carbocycles. The van der Waals surface area contributed by atoms with Gasteiger partial charge in [0.1, 0.15) is 0 Å². The molecule has 0 aromatic heterocycles. The zero-order chi connectivity index (χ0) is 37.7. The fourth-order valence-electron chi connectivity index (χ4n) is 4.78. The topological polar surface area (TPSA) is 111 Å². The molecule has 0 heterocycles. The fourth-order valence-corrected chi connectivity index (χ4v) is 5.31. The molecule has 7 nitrogen and oxygen atoms in total. The van der Waals surface area contributed by atoms with Crippen LogP contribution in [0.1, 0.15) is 0 Å². The number of hydrogen-bond acceptors (Lipinski definition) is 7. The normalized spacial score (nSPS) is 9.16. The number of anilines is 4. The molecule has 0 aliphatic carbocycles. The largest absolute Gasteiger partial charge is 1.00 e. The smallest absolute Gasteiger partial charge is 0.509 e. The van der Waals surface area contributed by atoms with Crippen LogP contribution in [0, 0.1) is 7.43 Å². The van der Waals surface area contributed by atoms with E-state index in [9.17, 15) is 0 Å². The van der Waals surface area contributed by atoms with Gasteiger partial charge < -0.3 is 37.8 Å². The predicted octanol–water partition coefficient (Wildman–Crippen LogP) is 5.09. The maximum Gasteiger partial charge on any atom is 1.00 e. The van der Waals surface area contributed by atoms with Crippen LogP contribution in [0.25, 0.3) is 22.3 Å². The van der Waals surface area contributed by atoms with Crippen molar-refractivity contribution in [3.8, 4) is 22.3 Å². The van der Waals surface area contributed by atoms with Crippen molar-refractivity contribution in [2.75, 3.05) is 10.6 Å². The number of rotatable bonds is 8. The van der Waals surface area contributed by atoms with Crippen molar-refractivity contribution >= 4 is 73.7 Å². The Balaban J connectivity index is 0.000000432. The Morgan fingerprint density at radius 1 is 0.446 bits per heavy atom. The van der Waals surface area contributed by atoms with Crippen LogP contribution >= 0.6 is 31.9 Å². The second-order valence-electron chi connectivity index (χ2n) is 11.1. The van der Waals surface area contributed by atoms with E-state index in [1.54, 1.807) is 24.3 Å². The zero-order valence-electron chi connectivity index (χ0n) is 31.4. The molecule has 0 atom stereocenters. The minimum absolute atomic E-state index is 0. The molecule has 0 fully saturated rings. The number of benzene rings is 7. The van der Waals surface area contributed by atoms with Crippen LogP contribution in [0.5, 0.6) is 0 Å². The van der Waals surface area contributed by atoms with Gasteiger partial charge in [-0.15, -0.1) is 0 Å². The summed E-state index contributed by atoms with van der Waals surface area (Å²) < 4.78 is 2.17. The summed E-state index contributed by atoms with van der Waals surface area (Å²) in [4.78, 5) is 11.3. The summed E-state index contributed by atoms with van der Waals surface area (Å²) in [5, 5.41) is 30.9. The maximum absolute atomic E-state index is 8.58. The van der Waals surface area contributed by atoms with Crippen molar-refractivity contribution in [2.24, 2.45) is 0 Å². The summed E-state index contributed by atoms with van der Waals surface area (Å²) in [6.45, 7) is 0.736. The van der Waals surface area contributed by atoms with E-state index in [0.717, 1.165) is 38.2 Å². The molecule has 0 aliphatic heterocycles. The second kappa shape index (κ2) is 28.8. The van der Waals surface area contributed by atoms with Gasteiger partial charge in [0.05, 0.1) is 0 Å². The van der Waals surface area contributed by atoms with Gasteiger partial charge in [-0.3, -0.25) is 0 Å². The van der Waals surface area contributed by atoms with Crippen LogP contribution in [0.4, 0.5) is 22.7 Å². The third-order valence-corrected chi connectivity index (χ3v) is 8.44. The molecule has 7 rings (SSSR count). The molecule has 0 radical (unpaired) electrons. The van der Waals surface area contributed by atoms with E-state index in [1.165, 1.54) is 22.3 Å². The first kappa shape index (κ1) is 50.5. The van der Waals surface area contributed by atoms with Gasteiger partial charge in [-0.25, -0.2) is 5.26 Å². The number of hydrogen-bond donors (Lipinski definition) is 5. The monoisotopic (exact) mass is 890 g/mol. The van der Waals surface area contributed by atoms with Gasteiger partial charge in [0.15, 0.2) is 0 Å². The Bertz CT molecular complexity index is 1930. The van der Waals surface area contributed by atoms with Gasteiger partial charge in [0, 0.05) is 31.7 Å². The third-order valence-electron chi connectivity index (χ3n) is 7.38. The van der Waals surface area contributed by atoms with Crippen molar-refractivity contribution in [1.82, 2.24) is 0 Å². The van der Waals surface area contributed by atoms with Crippen molar-refractivity contribution in [2.45, 2.75) is 0 Å². The van der Waals surface area contributed by atoms with Crippen LogP contribution in [0.15, 0.2) is 197 Å². The van der Waals surface area contributed by atoms with E-state index in [1.807, 2.05) is 66.7 Å². The third kappa shape index (κ3) is 18.6. The van der Waals surface area contributed by atoms with Crippen molar-refractivity contribution in [3.63, 3.8) is 0 Å². The van der Waals surface area contributed by atoms with Gasteiger partial charge in [-0.1, -0.05) is 147 Å². The van der Waals surface area contributed by atoms with E-state index in [-0.39, 0.29) is 66.5 Å². The first-order valence-corrected chi connectivity index (χ1v) is 17.9. The Labute approximate surface area is 391 Å². The van der Waals surface area contributed by atoms with Crippen molar-refractivity contribution < 1.29 is 84.1 Å². The van der Waals surface area contributed by atoms with Crippen molar-refractivity contribution in [3.05, 3.63) is 204 Å². The first-order chi connectivity index (χ1) is 25.8. The van der Waals surface area contributed by atoms with E-state index in [4.69, 9.17) is 20.1 Å². The van der Waals surface area contributed by atoms with Crippen LogP contribution in [0.3, 0.4) is 0 Å². The summed E-state index contributed by atoms with van der Waals surface area (Å²) in [5.74, 6) is 0. The molecule has 7 aromatic rings. The van der Waals surface area contributed by atoms with Crippen LogP contribution in [-0.4, -0.2) is 28.9 Å². The molecule has 0 bridgehead atoms. The molecular formula is C44H39BBr2N2Na2O5. The molecule has 0 amide bonds. The predicted molar refractivity (Wildman–Crippen MR) is 231 cm³/mol. The van der Waals surface area contributed by atoms with Crippen LogP contribution in [-0.2, 0) is 9.68 Å². The first-order valence-electron chi connectivity index (χ1n) is 16.3. The minimum Gasteiger partial charge on any atom is -0.509 e. The Morgan fingerprint density at radius 2 is 0.696 bits per heavy atom. The quantitative estimate of drug-likeness (QED) is 0.0627.